The fourth-order valence-corrected chi connectivity index (χ4v) is 2.02. The Morgan fingerprint density at radius 3 is 1.60 bits per heavy atom. The first-order valence-corrected chi connectivity index (χ1v) is 5.11. The van der Waals surface area contributed by atoms with Crippen LogP contribution in [0.3, 0.4) is 0 Å². The van der Waals surface area contributed by atoms with Crippen LogP contribution in [-0.2, 0) is 0 Å². The number of halogens is 5. The Kier molecular flexibility index (Phi) is 3.49. The Labute approximate surface area is 65.2 Å². The molecule has 7 heteroatoms. The van der Waals surface area contributed by atoms with Crippen LogP contribution in [0.1, 0.15) is 0 Å². The third-order valence-corrected chi connectivity index (χ3v) is 3.70. The third kappa shape index (κ3) is 5.35. The van der Waals surface area contributed by atoms with Gasteiger partial charge in [-0.15, -0.1) is 0 Å². The Balaban J connectivity index is 3.89. The molecule has 0 aromatic carbocycles. The quantitative estimate of drug-likeness (QED) is 0.527. The molecule has 0 aliphatic heterocycles. The third-order valence-electron chi connectivity index (χ3n) is 0.503. The summed E-state index contributed by atoms with van der Waals surface area (Å²) < 4.78 is 54.1. The van der Waals surface area contributed by atoms with Gasteiger partial charge in [-0.25, -0.2) is 0 Å². The summed E-state index contributed by atoms with van der Waals surface area (Å²) in [6.07, 6.45) is 0.960. The van der Waals surface area contributed by atoms with Gasteiger partial charge in [-0.05, 0) is 0 Å². The molecule has 0 aliphatic rings. The van der Waals surface area contributed by atoms with E-state index in [1.54, 1.807) is 0 Å². The van der Waals surface area contributed by atoms with Crippen molar-refractivity contribution in [3.8, 4) is 0 Å². The fraction of sp³-hybridized carbons (Fsp3) is 1.00. The van der Waals surface area contributed by atoms with Gasteiger partial charge in [0.1, 0.15) is 0 Å². The normalized spacial score (nSPS) is 15.0. The van der Waals surface area contributed by atoms with Crippen LogP contribution in [0.5, 0.6) is 0 Å². The van der Waals surface area contributed by atoms with E-state index in [0.29, 0.717) is 0 Å². The number of thioether (sulfide) groups is 1. The second kappa shape index (κ2) is 3.30. The van der Waals surface area contributed by atoms with Gasteiger partial charge in [0.2, 0.25) is 0 Å². The number of hydrogen-bond acceptors (Lipinski definition) is 1. The maximum absolute atomic E-state index is 11.9. The molecule has 0 rings (SSSR count). The molecule has 0 aromatic rings. The predicted molar refractivity (Wildman–Crippen MR) is 30.3 cm³/mol. The summed E-state index contributed by atoms with van der Waals surface area (Å²) in [6.45, 7) is 0. The van der Waals surface area contributed by atoms with Crippen LogP contribution in [0, 0.1) is 0 Å². The number of hydrogen-bond donors (Lipinski definition) is 0. The van der Waals surface area contributed by atoms with E-state index in [4.69, 9.17) is 0 Å². The van der Waals surface area contributed by atoms with Crippen molar-refractivity contribution in [1.29, 1.82) is 0 Å². The Bertz CT molecular complexity index is 110. The van der Waals surface area contributed by atoms with Gasteiger partial charge in [0, 0.05) is 0 Å². The monoisotopic (exact) mass is 241 g/mol. The molecule has 0 heterocycles. The first-order valence-electron chi connectivity index (χ1n) is 2.00. The SMILES string of the molecule is CSC(F)(F)[As]C(F)(F)F. The van der Waals surface area contributed by atoms with Crippen LogP contribution in [0.2, 0.25) is 0 Å². The molecule has 10 heavy (non-hydrogen) atoms. The summed E-state index contributed by atoms with van der Waals surface area (Å²) in [5.74, 6) is 0. The molecule has 0 nitrogen and oxygen atoms in total. The summed E-state index contributed by atoms with van der Waals surface area (Å²) in [6, 6.07) is 0. The van der Waals surface area contributed by atoms with Crippen molar-refractivity contribution in [2.75, 3.05) is 6.26 Å². The molecule has 0 saturated carbocycles. The van der Waals surface area contributed by atoms with Crippen LogP contribution >= 0.6 is 11.8 Å². The first-order chi connectivity index (χ1) is 4.27. The Morgan fingerprint density at radius 1 is 1.10 bits per heavy atom. The standard InChI is InChI=1S/C3H3AsF5S/c1-10-3(8,9)4-2(5,6)7/h1H3. The molecule has 0 amide bonds. The van der Waals surface area contributed by atoms with Crippen molar-refractivity contribution < 1.29 is 22.0 Å². The second-order valence-corrected chi connectivity index (χ2v) is 5.56. The van der Waals surface area contributed by atoms with Crippen LogP contribution < -0.4 is 0 Å². The van der Waals surface area contributed by atoms with E-state index >= 15 is 0 Å². The average Bonchev–Trinajstić information content (AvgIpc) is 1.60. The minimum absolute atomic E-state index is 0.0577. The molecule has 0 N–H and O–H groups in total. The zero-order valence-corrected chi connectivity index (χ0v) is 7.44. The van der Waals surface area contributed by atoms with Gasteiger partial charge in [-0.1, -0.05) is 0 Å². The van der Waals surface area contributed by atoms with Crippen molar-refractivity contribution in [3.63, 3.8) is 0 Å². The first kappa shape index (κ1) is 10.6. The Hall–Kier alpha value is 0.558. The van der Waals surface area contributed by atoms with Gasteiger partial charge >= 0.3 is 64.7 Å². The van der Waals surface area contributed by atoms with E-state index in [1.165, 1.54) is 0 Å². The summed E-state index contributed by atoms with van der Waals surface area (Å²) in [4.78, 5) is -4.69. The van der Waals surface area contributed by atoms with Crippen molar-refractivity contribution >= 4 is 27.5 Å². The van der Waals surface area contributed by atoms with Gasteiger partial charge in [-0.2, -0.15) is 0 Å². The molecule has 61 valence electrons. The van der Waals surface area contributed by atoms with Crippen molar-refractivity contribution in [2.24, 2.45) is 0 Å². The molecule has 0 saturated heterocycles. The summed E-state index contributed by atoms with van der Waals surface area (Å²) in [7, 11) is 0. The van der Waals surface area contributed by atoms with Crippen LogP contribution in [0.15, 0.2) is 0 Å². The molecular weight excluding hydrogens is 238 g/mol. The van der Waals surface area contributed by atoms with E-state index < -0.39 is 24.8 Å². The average molecular weight is 241 g/mol. The maximum atomic E-state index is 11.9. The van der Waals surface area contributed by atoms with Crippen LogP contribution in [0.4, 0.5) is 22.0 Å². The van der Waals surface area contributed by atoms with E-state index in [1.807, 2.05) is 0 Å². The van der Waals surface area contributed by atoms with E-state index in [2.05, 4.69) is 0 Å². The van der Waals surface area contributed by atoms with E-state index in [0.717, 1.165) is 6.26 Å². The number of alkyl halides is 5. The van der Waals surface area contributed by atoms with Gasteiger partial charge in [0.25, 0.3) is 0 Å². The summed E-state index contributed by atoms with van der Waals surface area (Å²) in [5, 5.41) is 0. The molecule has 0 aromatic heterocycles. The topological polar surface area (TPSA) is 0 Å². The molecule has 0 bridgehead atoms. The predicted octanol–water partition coefficient (Wildman–Crippen LogP) is 2.12. The fourth-order valence-electron chi connectivity index (χ4n) is 0.193. The molecule has 0 atom stereocenters. The molecule has 0 fully saturated rings. The molecular formula is C3H3AsF5S. The van der Waals surface area contributed by atoms with Crippen molar-refractivity contribution in [3.05, 3.63) is 0 Å². The van der Waals surface area contributed by atoms with Crippen molar-refractivity contribution in [1.82, 2.24) is 0 Å². The Morgan fingerprint density at radius 2 is 1.50 bits per heavy atom. The van der Waals surface area contributed by atoms with Gasteiger partial charge in [0.15, 0.2) is 0 Å². The van der Waals surface area contributed by atoms with Gasteiger partial charge < -0.3 is 0 Å². The molecule has 0 aliphatic carbocycles. The zero-order valence-electron chi connectivity index (χ0n) is 4.75. The van der Waals surface area contributed by atoms with Crippen molar-refractivity contribution in [2.45, 2.75) is 9.01 Å². The summed E-state index contributed by atoms with van der Waals surface area (Å²) in [5.41, 5.74) is 0. The van der Waals surface area contributed by atoms with Gasteiger partial charge in [0.05, 0.1) is 0 Å². The zero-order chi connectivity index (χ0) is 8.41. The van der Waals surface area contributed by atoms with E-state index in [-0.39, 0.29) is 11.8 Å². The molecule has 0 unspecified atom stereocenters. The van der Waals surface area contributed by atoms with E-state index in [9.17, 15) is 22.0 Å². The number of rotatable bonds is 2. The molecule has 0 spiro atoms. The molecule has 1 radical (unpaired) electrons. The van der Waals surface area contributed by atoms with Crippen LogP contribution in [0.25, 0.3) is 0 Å². The second-order valence-electron chi connectivity index (χ2n) is 1.27. The summed E-state index contributed by atoms with van der Waals surface area (Å²) >= 11 is -2.95. The minimum atomic E-state index is -4.69. The van der Waals surface area contributed by atoms with Crippen LogP contribution in [-0.4, -0.2) is 31.0 Å². The van der Waals surface area contributed by atoms with Gasteiger partial charge in [-0.3, -0.25) is 0 Å².